The van der Waals surface area contributed by atoms with Gasteiger partial charge < -0.3 is 18.8 Å². The fourth-order valence-corrected chi connectivity index (χ4v) is 5.00. The monoisotopic (exact) mass is 703 g/mol. The molecule has 0 amide bonds. The van der Waals surface area contributed by atoms with Gasteiger partial charge in [-0.15, -0.1) is 0 Å². The first-order valence-corrected chi connectivity index (χ1v) is 12.9. The zero-order chi connectivity index (χ0) is 23.9. The van der Waals surface area contributed by atoms with Gasteiger partial charge in [-0.05, 0) is 70.2 Å². The van der Waals surface area contributed by atoms with Crippen LogP contribution in [-0.2, 0) is 24.4 Å². The molecule has 2 aliphatic rings. The number of hydrogen-bond acceptors (Lipinski definition) is 8. The van der Waals surface area contributed by atoms with Crippen molar-refractivity contribution in [1.82, 2.24) is 0 Å². The highest BCUT2D eigenvalue weighted by molar-refractivity contribution is 14.1. The minimum Gasteiger partial charge on any atom is -0.743 e. The maximum Gasteiger partial charge on any atom is 0.364 e. The van der Waals surface area contributed by atoms with Crippen molar-refractivity contribution in [3.8, 4) is 5.75 Å². The van der Waals surface area contributed by atoms with Crippen LogP contribution in [0, 0.1) is 13.1 Å². The van der Waals surface area contributed by atoms with Crippen LogP contribution in [0.2, 0.25) is 0 Å². The van der Waals surface area contributed by atoms with E-state index in [1.165, 1.54) is 0 Å². The van der Waals surface area contributed by atoms with Crippen LogP contribution in [0.5, 0.6) is 5.75 Å². The second-order valence-electron chi connectivity index (χ2n) is 7.35. The molecule has 32 heavy (non-hydrogen) atoms. The molecule has 1 unspecified atom stereocenters. The van der Waals surface area contributed by atoms with Gasteiger partial charge in [-0.1, -0.05) is 0 Å². The van der Waals surface area contributed by atoms with Gasteiger partial charge in [0.2, 0.25) is 0 Å². The molecule has 1 atom stereocenters. The zero-order valence-corrected chi connectivity index (χ0v) is 21.2. The molecule has 8 nitrogen and oxygen atoms in total. The summed E-state index contributed by atoms with van der Waals surface area (Å²) in [5, 5.41) is -5.11. The zero-order valence-electron chi connectivity index (χ0n) is 16.1. The van der Waals surface area contributed by atoms with E-state index in [0.29, 0.717) is 14.9 Å². The van der Waals surface area contributed by atoms with E-state index in [1.807, 2.05) is 22.6 Å². The van der Waals surface area contributed by atoms with Crippen LogP contribution in [0.15, 0.2) is 12.1 Å². The molecule has 1 heterocycles. The molecule has 0 N–H and O–H groups in total. The number of rotatable bonds is 6. The second kappa shape index (κ2) is 9.40. The first kappa shape index (κ1) is 25.7. The molecule has 1 saturated carbocycles. The van der Waals surface area contributed by atoms with Crippen LogP contribution >= 0.6 is 45.2 Å². The van der Waals surface area contributed by atoms with Gasteiger partial charge in [0.1, 0.15) is 11.3 Å². The summed E-state index contributed by atoms with van der Waals surface area (Å²) < 4.78 is 88.8. The molecular weight excluding hydrogens is 687 g/mol. The summed E-state index contributed by atoms with van der Waals surface area (Å²) in [7, 11) is -6.17. The lowest BCUT2D eigenvalue weighted by molar-refractivity contribution is -0.184. The summed E-state index contributed by atoms with van der Waals surface area (Å²) in [4.78, 5) is 24.7. The SMILES string of the molecule is O=C1OC2(CCC(C(=O)OCCC(F)C(F)(F)S(=O)(=O)[O-])CC2)Oc2ccc(I)c(I)c21. The van der Waals surface area contributed by atoms with E-state index in [2.05, 4.69) is 22.6 Å². The fraction of sp³-hybridized carbons (Fsp3) is 0.556. The molecule has 0 aromatic heterocycles. The highest BCUT2D eigenvalue weighted by Gasteiger charge is 2.48. The van der Waals surface area contributed by atoms with Crippen molar-refractivity contribution >= 4 is 67.2 Å². The smallest absolute Gasteiger partial charge is 0.364 e. The molecule has 1 aromatic rings. The minimum atomic E-state index is -6.17. The maximum absolute atomic E-state index is 13.4. The van der Waals surface area contributed by atoms with Crippen LogP contribution in [0.4, 0.5) is 13.2 Å². The number of ether oxygens (including phenoxy) is 3. The molecule has 14 heteroatoms. The third-order valence-corrected chi connectivity index (χ3v) is 9.20. The van der Waals surface area contributed by atoms with Crippen LogP contribution in [0.1, 0.15) is 42.5 Å². The lowest BCUT2D eigenvalue weighted by atomic mass is 9.84. The van der Waals surface area contributed by atoms with Crippen molar-refractivity contribution in [3.05, 3.63) is 24.8 Å². The van der Waals surface area contributed by atoms with Gasteiger partial charge in [0, 0.05) is 26.4 Å². The summed E-state index contributed by atoms with van der Waals surface area (Å²) in [6.45, 7) is -0.817. The first-order chi connectivity index (χ1) is 14.8. The Morgan fingerprint density at radius 2 is 1.91 bits per heavy atom. The number of hydrogen-bond donors (Lipinski definition) is 0. The third kappa shape index (κ3) is 5.11. The Kier molecular flexibility index (Phi) is 7.56. The average Bonchev–Trinajstić information content (AvgIpc) is 2.70. The van der Waals surface area contributed by atoms with Crippen molar-refractivity contribution in [2.75, 3.05) is 6.61 Å². The standard InChI is InChI=1S/C18H17F3I2O8S/c19-12(18(20,21)32(26,27)28)5-8-29-15(24)9-3-6-17(7-4-9)30-11-2-1-10(22)14(23)13(11)16(25)31-17/h1-2,9,12H,3-8H2,(H,26,27,28)/p-1. The predicted molar refractivity (Wildman–Crippen MR) is 118 cm³/mol. The first-order valence-electron chi connectivity index (χ1n) is 9.32. The van der Waals surface area contributed by atoms with Crippen molar-refractivity contribution in [2.45, 2.75) is 49.3 Å². The fourth-order valence-electron chi connectivity index (χ4n) is 3.45. The maximum atomic E-state index is 13.4. The summed E-state index contributed by atoms with van der Waals surface area (Å²) in [5.41, 5.74) is 0.335. The van der Waals surface area contributed by atoms with Gasteiger partial charge in [0.25, 0.3) is 5.79 Å². The van der Waals surface area contributed by atoms with E-state index in [4.69, 9.17) is 14.2 Å². The molecule has 0 bridgehead atoms. The summed E-state index contributed by atoms with van der Waals surface area (Å²) in [6, 6.07) is 3.48. The van der Waals surface area contributed by atoms with E-state index in [-0.39, 0.29) is 25.7 Å². The van der Waals surface area contributed by atoms with E-state index in [0.717, 1.165) is 3.57 Å². The summed E-state index contributed by atoms with van der Waals surface area (Å²) in [5.74, 6) is -2.82. The summed E-state index contributed by atoms with van der Waals surface area (Å²) >= 11 is 4.11. The van der Waals surface area contributed by atoms with Gasteiger partial charge >= 0.3 is 17.2 Å². The number of benzene rings is 1. The highest BCUT2D eigenvalue weighted by atomic mass is 127. The Hall–Kier alpha value is -0.880. The lowest BCUT2D eigenvalue weighted by Gasteiger charge is -2.41. The van der Waals surface area contributed by atoms with E-state index >= 15 is 0 Å². The van der Waals surface area contributed by atoms with Crippen molar-refractivity contribution in [3.63, 3.8) is 0 Å². The van der Waals surface area contributed by atoms with Gasteiger partial charge in [-0.3, -0.25) is 4.79 Å². The number of carbonyl (C=O) groups is 2. The molecule has 0 saturated heterocycles. The molecule has 178 valence electrons. The Bertz CT molecular complexity index is 1030. The molecule has 1 spiro atoms. The Morgan fingerprint density at radius 3 is 2.50 bits per heavy atom. The number of carbonyl (C=O) groups excluding carboxylic acids is 2. The molecule has 1 fully saturated rings. The second-order valence-corrected chi connectivity index (χ2v) is 11.0. The normalized spacial score (nSPS) is 24.3. The van der Waals surface area contributed by atoms with Crippen LogP contribution < -0.4 is 4.74 Å². The molecule has 1 aromatic carbocycles. The molecule has 0 radical (unpaired) electrons. The molecule has 3 rings (SSSR count). The van der Waals surface area contributed by atoms with Gasteiger partial charge in [0.15, 0.2) is 16.3 Å². The lowest BCUT2D eigenvalue weighted by Crippen LogP contribution is -2.48. The average molecular weight is 703 g/mol. The topological polar surface area (TPSA) is 119 Å². The van der Waals surface area contributed by atoms with E-state index in [9.17, 15) is 35.7 Å². The van der Waals surface area contributed by atoms with Crippen LogP contribution in [0.3, 0.4) is 0 Å². The third-order valence-electron chi connectivity index (χ3n) is 5.23. The Balaban J connectivity index is 1.54. The molecular formula is C18H16F3I2O8S-. The van der Waals surface area contributed by atoms with Gasteiger partial charge in [-0.25, -0.2) is 17.6 Å². The Morgan fingerprint density at radius 1 is 1.28 bits per heavy atom. The number of fused-ring (bicyclic) bond motifs is 1. The van der Waals surface area contributed by atoms with E-state index < -0.39 is 58.2 Å². The predicted octanol–water partition coefficient (Wildman–Crippen LogP) is 3.74. The molecule has 1 aliphatic heterocycles. The van der Waals surface area contributed by atoms with Gasteiger partial charge in [0.05, 0.1) is 12.5 Å². The molecule has 1 aliphatic carbocycles. The highest BCUT2D eigenvalue weighted by Crippen LogP contribution is 2.43. The van der Waals surface area contributed by atoms with Crippen LogP contribution in [-0.4, -0.2) is 48.7 Å². The van der Waals surface area contributed by atoms with E-state index in [1.54, 1.807) is 12.1 Å². The van der Waals surface area contributed by atoms with Gasteiger partial charge in [-0.2, -0.15) is 8.78 Å². The van der Waals surface area contributed by atoms with Crippen LogP contribution in [0.25, 0.3) is 0 Å². The minimum absolute atomic E-state index is 0.179. The van der Waals surface area contributed by atoms with Crippen molar-refractivity contribution in [2.24, 2.45) is 5.92 Å². The number of halogens is 5. The number of esters is 2. The van der Waals surface area contributed by atoms with Crippen molar-refractivity contribution in [1.29, 1.82) is 0 Å². The number of alkyl halides is 3. The summed E-state index contributed by atoms with van der Waals surface area (Å²) in [6.07, 6.45) is -3.68. The van der Waals surface area contributed by atoms with Crippen molar-refractivity contribution < 1.29 is 49.9 Å². The Labute approximate surface area is 208 Å². The quantitative estimate of drug-likeness (QED) is 0.250. The largest absolute Gasteiger partial charge is 0.743 e.